The lowest BCUT2D eigenvalue weighted by molar-refractivity contribution is 0.00578. The first kappa shape index (κ1) is 33.9. The van der Waals surface area contributed by atoms with E-state index in [1.165, 1.54) is 38.4 Å². The highest BCUT2D eigenvalue weighted by Crippen LogP contribution is 2.37. The maximum absolute atomic E-state index is 6.36. The van der Waals surface area contributed by atoms with Gasteiger partial charge in [0, 0.05) is 27.7 Å². The largest absolute Gasteiger partial charge is 0.505 e. The number of hydrogen-bond acceptors (Lipinski definition) is 6. The minimum Gasteiger partial charge on any atom is -0.399 e. The fourth-order valence-electron chi connectivity index (χ4n) is 4.70. The third kappa shape index (κ3) is 9.74. The molecule has 1 aliphatic rings. The smallest absolute Gasteiger partial charge is 0.399 e. The Balaban J connectivity index is 1.41. The van der Waals surface area contributed by atoms with Gasteiger partial charge in [0.05, 0.1) is 24.4 Å². The molecule has 232 valence electrons. The summed E-state index contributed by atoms with van der Waals surface area (Å²) in [7, 11) is -0.347. The molecule has 0 radical (unpaired) electrons. The lowest BCUT2D eigenvalue weighted by Crippen LogP contribution is -2.41. The molecule has 0 atom stereocenters. The second-order valence-electron chi connectivity index (χ2n) is 12.2. The molecule has 7 heteroatoms. The highest BCUT2D eigenvalue weighted by molar-refractivity contribution is 7.23. The van der Waals surface area contributed by atoms with E-state index in [0.29, 0.717) is 0 Å². The number of hydrogen-bond donors (Lipinski definition) is 0. The lowest BCUT2D eigenvalue weighted by Gasteiger charge is -2.32. The summed E-state index contributed by atoms with van der Waals surface area (Å²) in [6.45, 7) is 16.0. The van der Waals surface area contributed by atoms with E-state index in [1.807, 2.05) is 0 Å². The molecule has 0 aliphatic carbocycles. The van der Waals surface area contributed by atoms with Crippen LogP contribution in [0, 0.1) is 0 Å². The predicted octanol–water partition coefficient (Wildman–Crippen LogP) is 9.17. The first-order chi connectivity index (χ1) is 20.7. The van der Waals surface area contributed by atoms with Crippen LogP contribution in [0.2, 0.25) is 0 Å². The summed E-state index contributed by atoms with van der Waals surface area (Å²) in [5.74, 6) is 0. The van der Waals surface area contributed by atoms with E-state index in [2.05, 4.69) is 108 Å². The summed E-state index contributed by atoms with van der Waals surface area (Å²) >= 11 is 3.54. The van der Waals surface area contributed by atoms with Gasteiger partial charge in [0.15, 0.2) is 0 Å². The Kier molecular flexibility index (Phi) is 12.9. The Labute approximate surface area is 268 Å². The maximum atomic E-state index is 6.36. The molecule has 1 fully saturated rings. The van der Waals surface area contributed by atoms with Crippen molar-refractivity contribution in [2.24, 2.45) is 0 Å². The molecule has 0 N–H and O–H groups in total. The lowest BCUT2D eigenvalue weighted by atomic mass is 9.87. The van der Waals surface area contributed by atoms with Crippen molar-refractivity contribution < 1.29 is 18.8 Å². The zero-order chi connectivity index (χ0) is 30.7. The molecule has 0 unspecified atom stereocenters. The molecule has 4 nitrogen and oxygen atoms in total. The third-order valence-corrected chi connectivity index (χ3v) is 10.3. The fraction of sp³-hybridized carbons (Fsp3) is 0.500. The maximum Gasteiger partial charge on any atom is 0.505 e. The van der Waals surface area contributed by atoms with Crippen LogP contribution in [-0.2, 0) is 31.6 Å². The van der Waals surface area contributed by atoms with Crippen molar-refractivity contribution >= 4 is 58.9 Å². The van der Waals surface area contributed by atoms with Crippen molar-refractivity contribution in [3.63, 3.8) is 0 Å². The quantitative estimate of drug-likeness (QED) is 0.111. The molecule has 3 heterocycles. The van der Waals surface area contributed by atoms with Gasteiger partial charge >= 0.3 is 7.12 Å². The second-order valence-corrected chi connectivity index (χ2v) is 14.3. The molecule has 4 rings (SSSR count). The van der Waals surface area contributed by atoms with Gasteiger partial charge in [-0.25, -0.2) is 0 Å². The summed E-state index contributed by atoms with van der Waals surface area (Å²) in [6, 6.07) is 13.2. The molecule has 43 heavy (non-hydrogen) atoms. The Morgan fingerprint density at radius 1 is 0.698 bits per heavy atom. The van der Waals surface area contributed by atoms with Crippen LogP contribution in [0.4, 0.5) is 0 Å². The number of benzene rings is 1. The second kappa shape index (κ2) is 16.4. The van der Waals surface area contributed by atoms with Gasteiger partial charge < -0.3 is 18.8 Å². The molecular weight excluding hydrogens is 571 g/mol. The normalized spacial score (nSPS) is 16.3. The highest BCUT2D eigenvalue weighted by Gasteiger charge is 2.52. The minimum absolute atomic E-state index is 0.347. The molecular formula is C36H49BO4S2. The van der Waals surface area contributed by atoms with Crippen LogP contribution in [-0.4, -0.2) is 44.7 Å². The van der Waals surface area contributed by atoms with Gasteiger partial charge in [-0.1, -0.05) is 63.1 Å². The van der Waals surface area contributed by atoms with E-state index in [0.717, 1.165) is 63.3 Å². The summed E-state index contributed by atoms with van der Waals surface area (Å²) in [5.41, 5.74) is 4.30. The number of unbranched alkanes of at least 4 members (excludes halogenated alkanes) is 2. The average molecular weight is 621 g/mol. The third-order valence-electron chi connectivity index (χ3n) is 8.23. The van der Waals surface area contributed by atoms with Crippen LogP contribution in [0.25, 0.3) is 24.3 Å². The molecule has 1 aromatic carbocycles. The highest BCUT2D eigenvalue weighted by atomic mass is 32.1. The van der Waals surface area contributed by atoms with Crippen LogP contribution < -0.4 is 4.78 Å². The van der Waals surface area contributed by atoms with E-state index in [4.69, 9.17) is 18.8 Å². The summed E-state index contributed by atoms with van der Waals surface area (Å²) < 4.78 is 25.5. The van der Waals surface area contributed by atoms with E-state index >= 15 is 0 Å². The van der Waals surface area contributed by atoms with Gasteiger partial charge in [0.25, 0.3) is 0 Å². The van der Waals surface area contributed by atoms with Gasteiger partial charge in [-0.05, 0) is 105 Å². The monoisotopic (exact) mass is 620 g/mol. The summed E-state index contributed by atoms with van der Waals surface area (Å²) in [5, 5.41) is 2.17. The molecule has 0 saturated carbocycles. The zero-order valence-corrected chi connectivity index (χ0v) is 28.6. The van der Waals surface area contributed by atoms with Crippen LogP contribution in [0.15, 0.2) is 41.8 Å². The van der Waals surface area contributed by atoms with E-state index in [-0.39, 0.29) is 18.3 Å². The first-order valence-corrected chi connectivity index (χ1v) is 17.6. The van der Waals surface area contributed by atoms with Crippen LogP contribution in [0.3, 0.4) is 0 Å². The molecule has 0 bridgehead atoms. The van der Waals surface area contributed by atoms with Crippen LogP contribution in [0.1, 0.15) is 99.2 Å². The van der Waals surface area contributed by atoms with Crippen molar-refractivity contribution in [3.8, 4) is 0 Å². The van der Waals surface area contributed by atoms with E-state index in [9.17, 15) is 0 Å². The van der Waals surface area contributed by atoms with Crippen molar-refractivity contribution in [2.75, 3.05) is 26.4 Å². The van der Waals surface area contributed by atoms with Crippen molar-refractivity contribution in [3.05, 3.63) is 73.8 Å². The molecule has 1 saturated heterocycles. The zero-order valence-electron chi connectivity index (χ0n) is 26.9. The van der Waals surface area contributed by atoms with Crippen LogP contribution in [0.5, 0.6) is 0 Å². The standard InChI is InChI=1S/C36H49BO4S2/c1-7-9-22-38-24-19-30-21-26-42-32(30)17-15-28-11-13-29(14-12-28)16-18-33-31(20-25-39-23-10-8-2)27-34(43-33)37-40-35(3,4)36(5,6)41-37/h11-18,21,26-27H,7-10,19-20,22-25H2,1-6H3. The minimum atomic E-state index is -0.356. The molecule has 2 aromatic heterocycles. The van der Waals surface area contributed by atoms with Gasteiger partial charge in [-0.2, -0.15) is 0 Å². The number of rotatable bonds is 17. The van der Waals surface area contributed by atoms with Gasteiger partial charge in [0.1, 0.15) is 0 Å². The van der Waals surface area contributed by atoms with Gasteiger partial charge in [-0.3, -0.25) is 0 Å². The SMILES string of the molecule is CCCCOCCc1ccsc1C=Cc1ccc(C=Cc2sc(B3OC(C)(C)C(C)(C)O3)cc2CCOCCCC)cc1. The Morgan fingerprint density at radius 3 is 1.79 bits per heavy atom. The van der Waals surface area contributed by atoms with E-state index < -0.39 is 0 Å². The topological polar surface area (TPSA) is 36.9 Å². The summed E-state index contributed by atoms with van der Waals surface area (Å²) in [4.78, 5) is 2.54. The average Bonchev–Trinajstić information content (AvgIpc) is 3.66. The first-order valence-electron chi connectivity index (χ1n) is 15.9. The van der Waals surface area contributed by atoms with Gasteiger partial charge in [-0.15, -0.1) is 22.7 Å². The molecule has 0 amide bonds. The molecule has 3 aromatic rings. The Morgan fingerprint density at radius 2 is 1.23 bits per heavy atom. The number of ether oxygens (including phenoxy) is 2. The van der Waals surface area contributed by atoms with Crippen molar-refractivity contribution in [2.45, 2.75) is 91.3 Å². The Bertz CT molecular complexity index is 1300. The van der Waals surface area contributed by atoms with Crippen molar-refractivity contribution in [1.82, 2.24) is 0 Å². The number of thiophene rings is 2. The summed E-state index contributed by atoms with van der Waals surface area (Å²) in [6.07, 6.45) is 15.3. The molecule has 0 spiro atoms. The predicted molar refractivity (Wildman–Crippen MR) is 188 cm³/mol. The van der Waals surface area contributed by atoms with E-state index in [1.54, 1.807) is 22.7 Å². The van der Waals surface area contributed by atoms with Crippen molar-refractivity contribution in [1.29, 1.82) is 0 Å². The Hall–Kier alpha value is -2.00. The molecule has 1 aliphatic heterocycles. The fourth-order valence-corrected chi connectivity index (χ4v) is 6.62. The van der Waals surface area contributed by atoms with Gasteiger partial charge in [0.2, 0.25) is 0 Å². The van der Waals surface area contributed by atoms with Crippen LogP contribution >= 0.6 is 22.7 Å².